The van der Waals surface area contributed by atoms with Gasteiger partial charge >= 0.3 is 0 Å². The number of nitrogens with zero attached hydrogens (tertiary/aromatic N) is 2. The third-order valence-corrected chi connectivity index (χ3v) is 4.59. The Hall–Kier alpha value is -0.933. The number of hydrogen-bond acceptors (Lipinski definition) is 2. The summed E-state index contributed by atoms with van der Waals surface area (Å²) in [6, 6.07) is 10.8. The van der Waals surface area contributed by atoms with Crippen LogP contribution >= 0.6 is 0 Å². The molecule has 0 bridgehead atoms. The lowest BCUT2D eigenvalue weighted by molar-refractivity contribution is 0.313. The van der Waals surface area contributed by atoms with Gasteiger partial charge in [-0.3, -0.25) is 4.99 Å². The summed E-state index contributed by atoms with van der Waals surface area (Å²) in [4.78, 5) is 7.15. The first kappa shape index (κ1) is 18.1. The predicted octanol–water partition coefficient (Wildman–Crippen LogP) is 4.48. The van der Waals surface area contributed by atoms with E-state index in [0.29, 0.717) is 5.92 Å². The van der Waals surface area contributed by atoms with E-state index in [-0.39, 0.29) is 0 Å². The van der Waals surface area contributed by atoms with Crippen LogP contribution in [0.25, 0.3) is 0 Å². The number of benzene rings is 1. The van der Waals surface area contributed by atoms with Crippen molar-refractivity contribution in [2.24, 2.45) is 10.9 Å². The van der Waals surface area contributed by atoms with E-state index in [2.05, 4.69) is 79.9 Å². The molecule has 1 aromatic rings. The van der Waals surface area contributed by atoms with Crippen molar-refractivity contribution in [2.45, 2.75) is 46.5 Å². The van der Waals surface area contributed by atoms with Crippen LogP contribution < -0.4 is 0 Å². The largest absolute Gasteiger partial charge is 0.300 e. The van der Waals surface area contributed by atoms with E-state index in [1.165, 1.54) is 11.7 Å². The maximum Gasteiger partial charge on any atom is 0.0599 e. The molecular formula is C18H32N2Si. The number of rotatable bonds is 9. The molecule has 0 saturated carbocycles. The Balaban J connectivity index is 2.51. The fraction of sp³-hybridized carbons (Fsp3) is 0.611. The second kappa shape index (κ2) is 9.16. The lowest BCUT2D eigenvalue weighted by atomic mass is 10.2. The first-order valence-corrected chi connectivity index (χ1v) is 11.8. The summed E-state index contributed by atoms with van der Waals surface area (Å²) in [6.07, 6.45) is 4.42. The molecule has 118 valence electrons. The Bertz CT molecular complexity index is 407. The minimum atomic E-state index is -1.09. The summed E-state index contributed by atoms with van der Waals surface area (Å²) in [5.74, 6) is 0.705. The minimum absolute atomic E-state index is 0.705. The first-order chi connectivity index (χ1) is 9.87. The molecule has 1 rings (SSSR count). The van der Waals surface area contributed by atoms with Gasteiger partial charge in [0.15, 0.2) is 0 Å². The fourth-order valence-corrected chi connectivity index (χ4v) is 3.91. The molecule has 0 aromatic heterocycles. The Morgan fingerprint density at radius 2 is 1.81 bits per heavy atom. The van der Waals surface area contributed by atoms with Crippen molar-refractivity contribution >= 4 is 14.3 Å². The molecule has 0 fully saturated rings. The average Bonchev–Trinajstić information content (AvgIpc) is 2.37. The van der Waals surface area contributed by atoms with Crippen LogP contribution in [0.3, 0.4) is 0 Å². The molecule has 1 aromatic carbocycles. The lowest BCUT2D eigenvalue weighted by Crippen LogP contribution is -2.41. The molecule has 0 aliphatic heterocycles. The molecule has 0 heterocycles. The Morgan fingerprint density at radius 3 is 2.38 bits per heavy atom. The molecular weight excluding hydrogens is 272 g/mol. The van der Waals surface area contributed by atoms with Crippen molar-refractivity contribution in [2.75, 3.05) is 19.3 Å². The molecule has 0 N–H and O–H groups in total. The maximum atomic E-state index is 4.57. The topological polar surface area (TPSA) is 15.6 Å². The number of aliphatic imine (C=N–C) groups is 1. The van der Waals surface area contributed by atoms with Crippen molar-refractivity contribution in [3.63, 3.8) is 0 Å². The highest BCUT2D eigenvalue weighted by Crippen LogP contribution is 2.09. The van der Waals surface area contributed by atoms with E-state index in [1.54, 1.807) is 0 Å². The van der Waals surface area contributed by atoms with E-state index < -0.39 is 8.07 Å². The molecule has 0 amide bonds. The SMILES string of the molecule is CC(C)CC=NCCN(Cc1ccccc1)C[Si](C)(C)C. The summed E-state index contributed by atoms with van der Waals surface area (Å²) < 4.78 is 0. The molecule has 2 nitrogen and oxygen atoms in total. The zero-order valence-corrected chi connectivity index (χ0v) is 15.5. The van der Waals surface area contributed by atoms with E-state index in [9.17, 15) is 0 Å². The Labute approximate surface area is 132 Å². The normalized spacial score (nSPS) is 12.7. The highest BCUT2D eigenvalue weighted by Gasteiger charge is 2.18. The third kappa shape index (κ3) is 9.59. The highest BCUT2D eigenvalue weighted by atomic mass is 28.3. The molecule has 0 radical (unpaired) electrons. The van der Waals surface area contributed by atoms with Crippen LogP contribution in [0, 0.1) is 5.92 Å². The van der Waals surface area contributed by atoms with Gasteiger partial charge in [0.1, 0.15) is 0 Å². The van der Waals surface area contributed by atoms with Crippen molar-refractivity contribution in [1.82, 2.24) is 4.90 Å². The highest BCUT2D eigenvalue weighted by molar-refractivity contribution is 6.76. The second-order valence-electron chi connectivity index (χ2n) is 7.48. The van der Waals surface area contributed by atoms with Gasteiger partial charge in [-0.15, -0.1) is 0 Å². The van der Waals surface area contributed by atoms with Crippen molar-refractivity contribution < 1.29 is 0 Å². The molecule has 21 heavy (non-hydrogen) atoms. The monoisotopic (exact) mass is 304 g/mol. The van der Waals surface area contributed by atoms with Crippen molar-refractivity contribution in [1.29, 1.82) is 0 Å². The maximum absolute atomic E-state index is 4.57. The van der Waals surface area contributed by atoms with Crippen LogP contribution in [0.4, 0.5) is 0 Å². The van der Waals surface area contributed by atoms with E-state index in [1.807, 2.05) is 0 Å². The van der Waals surface area contributed by atoms with Crippen molar-refractivity contribution in [3.8, 4) is 0 Å². The molecule has 0 aliphatic carbocycles. The van der Waals surface area contributed by atoms with E-state index in [4.69, 9.17) is 0 Å². The first-order valence-electron chi connectivity index (χ1n) is 8.11. The summed E-state index contributed by atoms with van der Waals surface area (Å²) in [6.45, 7) is 14.8. The summed E-state index contributed by atoms with van der Waals surface area (Å²) in [5.41, 5.74) is 1.40. The molecule has 3 heteroatoms. The van der Waals surface area contributed by atoms with Gasteiger partial charge in [-0.25, -0.2) is 0 Å². The third-order valence-electron chi connectivity index (χ3n) is 3.20. The van der Waals surface area contributed by atoms with Gasteiger partial charge in [0, 0.05) is 13.1 Å². The van der Waals surface area contributed by atoms with Gasteiger partial charge < -0.3 is 4.90 Å². The van der Waals surface area contributed by atoms with Crippen LogP contribution in [0.5, 0.6) is 0 Å². The number of hydrogen-bond donors (Lipinski definition) is 0. The molecule has 0 atom stereocenters. The van der Waals surface area contributed by atoms with Gasteiger partial charge in [0.2, 0.25) is 0 Å². The van der Waals surface area contributed by atoms with Gasteiger partial charge in [0.05, 0.1) is 14.6 Å². The smallest absolute Gasteiger partial charge is 0.0599 e. The standard InChI is InChI=1S/C18H32N2Si/c1-17(2)11-12-19-13-14-20(16-21(3,4)5)15-18-9-7-6-8-10-18/h6-10,12,17H,11,13-16H2,1-5H3. The minimum Gasteiger partial charge on any atom is -0.300 e. The van der Waals surface area contributed by atoms with Crippen LogP contribution in [-0.2, 0) is 6.54 Å². The van der Waals surface area contributed by atoms with E-state index >= 15 is 0 Å². The van der Waals surface area contributed by atoms with Gasteiger partial charge in [-0.1, -0.05) is 63.8 Å². The summed E-state index contributed by atoms with van der Waals surface area (Å²) in [5, 5.41) is 0. The zero-order valence-electron chi connectivity index (χ0n) is 14.5. The van der Waals surface area contributed by atoms with Crippen LogP contribution in [0.1, 0.15) is 25.8 Å². The van der Waals surface area contributed by atoms with Crippen LogP contribution in [0.15, 0.2) is 35.3 Å². The van der Waals surface area contributed by atoms with Gasteiger partial charge in [-0.05, 0) is 30.3 Å². The molecule has 0 unspecified atom stereocenters. The lowest BCUT2D eigenvalue weighted by Gasteiger charge is -2.28. The van der Waals surface area contributed by atoms with Crippen molar-refractivity contribution in [3.05, 3.63) is 35.9 Å². The average molecular weight is 305 g/mol. The summed E-state index contributed by atoms with van der Waals surface area (Å²) >= 11 is 0. The van der Waals surface area contributed by atoms with Crippen LogP contribution in [0.2, 0.25) is 19.6 Å². The van der Waals surface area contributed by atoms with Gasteiger partial charge in [0.25, 0.3) is 0 Å². The predicted molar refractivity (Wildman–Crippen MR) is 97.9 cm³/mol. The summed E-state index contributed by atoms with van der Waals surface area (Å²) in [7, 11) is -1.09. The Kier molecular flexibility index (Phi) is 7.90. The molecule has 0 aliphatic rings. The second-order valence-corrected chi connectivity index (χ2v) is 12.9. The molecule has 0 spiro atoms. The van der Waals surface area contributed by atoms with E-state index in [0.717, 1.165) is 26.1 Å². The quantitative estimate of drug-likeness (QED) is 0.485. The fourth-order valence-electron chi connectivity index (χ4n) is 2.30. The zero-order chi connectivity index (χ0) is 15.7. The molecule has 0 saturated heterocycles. The van der Waals surface area contributed by atoms with Gasteiger partial charge in [-0.2, -0.15) is 0 Å². The van der Waals surface area contributed by atoms with Crippen LogP contribution in [-0.4, -0.2) is 38.4 Å². The Morgan fingerprint density at radius 1 is 1.14 bits per heavy atom.